The molecule has 0 rings (SSSR count). The first-order valence-electron chi connectivity index (χ1n) is 2.08. The van der Waals surface area contributed by atoms with E-state index in [1.807, 2.05) is 6.92 Å². The molecule has 7 heavy (non-hydrogen) atoms. The Morgan fingerprint density at radius 2 is 2.43 bits per heavy atom. The fourth-order valence-corrected chi connectivity index (χ4v) is 0.200. The third-order valence-electron chi connectivity index (χ3n) is 0.476. The van der Waals surface area contributed by atoms with E-state index in [9.17, 15) is 0 Å². The molecule has 4 nitrogen and oxygen atoms in total. The molecule has 0 aliphatic carbocycles. The van der Waals surface area contributed by atoms with Gasteiger partial charge in [0, 0.05) is 0 Å². The topological polar surface area (TPSA) is 48.0 Å². The standard InChI is InChI=1S/C3H10N2O2/c1-3-4-5(6)7-2/h5-6H,3H2,1-2H3. The molecule has 0 radical (unpaired) electrons. The summed E-state index contributed by atoms with van der Waals surface area (Å²) in [6.45, 7) is 2.37. The molecule has 1 atom stereocenters. The second-order valence-electron chi connectivity index (χ2n) is 0.961. The number of hydrogen-bond donors (Lipinski definition) is 2. The molecule has 0 bridgehead atoms. The molecule has 4 heteroatoms. The minimum Gasteiger partial charge on any atom is -0.383 e. The molecule has 0 spiro atoms. The van der Waals surface area contributed by atoms with Crippen LogP contribution in [0.5, 0.6) is 0 Å². The van der Waals surface area contributed by atoms with Gasteiger partial charge in [-0.15, -0.1) is 11.9 Å². The number of nitrogens with one attached hydrogen (secondary N) is 1. The van der Waals surface area contributed by atoms with Crippen molar-refractivity contribution in [3.8, 4) is 0 Å². The van der Waals surface area contributed by atoms with Crippen LogP contribution in [-0.2, 0) is 4.84 Å². The smallest absolute Gasteiger partial charge is 0.0985 e. The largest absolute Gasteiger partial charge is 0.383 e. The van der Waals surface area contributed by atoms with Crippen LogP contribution in [0.2, 0.25) is 0 Å². The first-order valence-corrected chi connectivity index (χ1v) is 2.08. The molecule has 0 saturated carbocycles. The third kappa shape index (κ3) is 3.68. The van der Waals surface area contributed by atoms with E-state index in [1.165, 1.54) is 7.11 Å². The average molecular weight is 106 g/mol. The summed E-state index contributed by atoms with van der Waals surface area (Å²) in [6.07, 6.45) is 0. The first-order chi connectivity index (χ1) is 3.31. The zero-order valence-corrected chi connectivity index (χ0v) is 4.51. The van der Waals surface area contributed by atoms with Crippen LogP contribution in [0.15, 0.2) is 0 Å². The van der Waals surface area contributed by atoms with Crippen molar-refractivity contribution < 1.29 is 15.4 Å². The lowest BCUT2D eigenvalue weighted by Crippen LogP contribution is -3.04. The summed E-state index contributed by atoms with van der Waals surface area (Å²) in [5, 5.41) is 8.14. The molecule has 0 aliphatic heterocycles. The molecule has 0 fully saturated rings. The van der Waals surface area contributed by atoms with Crippen molar-refractivity contribution in [1.29, 1.82) is 0 Å². The number of rotatable bonds is 3. The van der Waals surface area contributed by atoms with Crippen LogP contribution in [0.4, 0.5) is 0 Å². The Balaban J connectivity index is 2.83. The molecular weight excluding hydrogens is 96.0 g/mol. The lowest BCUT2D eigenvalue weighted by Gasteiger charge is -2.16. The predicted molar refractivity (Wildman–Crippen MR) is 23.7 cm³/mol. The van der Waals surface area contributed by atoms with Gasteiger partial charge in [-0.1, -0.05) is 6.92 Å². The zero-order valence-electron chi connectivity index (χ0n) is 4.51. The minimum absolute atomic E-state index is 0.248. The summed E-state index contributed by atoms with van der Waals surface area (Å²) in [4.78, 5) is 4.30. The Kier molecular flexibility index (Phi) is 3.92. The van der Waals surface area contributed by atoms with Crippen molar-refractivity contribution in [2.45, 2.75) is 6.92 Å². The zero-order chi connectivity index (χ0) is 5.70. The Labute approximate surface area is 42.6 Å². The monoisotopic (exact) mass is 106 g/mol. The van der Waals surface area contributed by atoms with E-state index in [0.29, 0.717) is 6.54 Å². The second kappa shape index (κ2) is 4.01. The molecule has 1 unspecified atom stereocenters. The highest BCUT2D eigenvalue weighted by atomic mass is 16.9. The van der Waals surface area contributed by atoms with Gasteiger partial charge in [0.2, 0.25) is 0 Å². The van der Waals surface area contributed by atoms with E-state index in [-0.39, 0.29) is 5.34 Å². The predicted octanol–water partition coefficient (Wildman–Crippen LogP) is -0.869. The summed E-state index contributed by atoms with van der Waals surface area (Å²) in [5.74, 6) is 0. The third-order valence-corrected chi connectivity index (χ3v) is 0.476. The minimum atomic E-state index is -0.248. The maximum atomic E-state index is 8.39. The number of nitrogens with zero attached hydrogens (tertiary/aromatic N) is 1. The lowest BCUT2D eigenvalue weighted by molar-refractivity contribution is -1.21. The summed E-state index contributed by atoms with van der Waals surface area (Å²) in [7, 11) is 1.37. The highest BCUT2D eigenvalue weighted by Crippen LogP contribution is 1.62. The van der Waals surface area contributed by atoms with Gasteiger partial charge in [-0.2, -0.15) is 10.0 Å². The normalized spacial score (nSPS) is 14.1. The van der Waals surface area contributed by atoms with Crippen molar-refractivity contribution in [3.05, 3.63) is 5.43 Å². The second-order valence-corrected chi connectivity index (χ2v) is 0.961. The van der Waals surface area contributed by atoms with Crippen LogP contribution in [-0.4, -0.2) is 18.9 Å². The molecule has 44 valence electrons. The van der Waals surface area contributed by atoms with Crippen LogP contribution >= 0.6 is 0 Å². The van der Waals surface area contributed by atoms with Gasteiger partial charge in [-0.3, -0.25) is 0 Å². The molecule has 0 aliphatic rings. The number of quaternary nitrogens is 1. The Bertz CT molecular complexity index is 41.9. The van der Waals surface area contributed by atoms with E-state index < -0.39 is 0 Å². The van der Waals surface area contributed by atoms with Crippen LogP contribution in [0.1, 0.15) is 6.92 Å². The van der Waals surface area contributed by atoms with Gasteiger partial charge in [0.1, 0.15) is 0 Å². The summed E-state index contributed by atoms with van der Waals surface area (Å²) >= 11 is 0. The molecule has 0 amide bonds. The highest BCUT2D eigenvalue weighted by molar-refractivity contribution is 4.46. The first kappa shape index (κ1) is 6.84. The van der Waals surface area contributed by atoms with Gasteiger partial charge >= 0.3 is 0 Å². The van der Waals surface area contributed by atoms with Crippen LogP contribution < -0.4 is 5.34 Å². The molecule has 0 saturated heterocycles. The van der Waals surface area contributed by atoms with Gasteiger partial charge in [0.25, 0.3) is 0 Å². The van der Waals surface area contributed by atoms with E-state index in [4.69, 9.17) is 5.21 Å². The summed E-state index contributed by atoms with van der Waals surface area (Å²) < 4.78 is 0. The SMILES string of the molecule is CC[N-][NH+](O)OC. The Hall–Kier alpha value is -0.160. The van der Waals surface area contributed by atoms with E-state index in [2.05, 4.69) is 10.3 Å². The summed E-state index contributed by atoms with van der Waals surface area (Å²) in [6, 6.07) is 0. The molecule has 0 aromatic carbocycles. The van der Waals surface area contributed by atoms with Gasteiger partial charge in [0.15, 0.2) is 0 Å². The Morgan fingerprint density at radius 1 is 1.86 bits per heavy atom. The Morgan fingerprint density at radius 3 is 2.57 bits per heavy atom. The van der Waals surface area contributed by atoms with E-state index >= 15 is 0 Å². The van der Waals surface area contributed by atoms with Crippen molar-refractivity contribution in [3.63, 3.8) is 0 Å². The highest BCUT2D eigenvalue weighted by Gasteiger charge is 1.80. The van der Waals surface area contributed by atoms with Gasteiger partial charge in [-0.25, -0.2) is 0 Å². The van der Waals surface area contributed by atoms with E-state index in [0.717, 1.165) is 0 Å². The molecule has 0 aromatic heterocycles. The van der Waals surface area contributed by atoms with Crippen molar-refractivity contribution >= 4 is 0 Å². The van der Waals surface area contributed by atoms with Gasteiger partial charge < -0.3 is 5.43 Å². The molecule has 0 heterocycles. The molecular formula is C3H10N2O2. The van der Waals surface area contributed by atoms with Crippen molar-refractivity contribution in [2.75, 3.05) is 13.7 Å². The maximum absolute atomic E-state index is 8.39. The molecule has 2 N–H and O–H groups in total. The summed E-state index contributed by atoms with van der Waals surface area (Å²) in [5.41, 5.74) is 3.49. The van der Waals surface area contributed by atoms with Crippen LogP contribution in [0.3, 0.4) is 0 Å². The van der Waals surface area contributed by atoms with Crippen LogP contribution in [0, 0.1) is 0 Å². The van der Waals surface area contributed by atoms with Crippen LogP contribution in [0.25, 0.3) is 5.43 Å². The van der Waals surface area contributed by atoms with Crippen molar-refractivity contribution in [2.24, 2.45) is 0 Å². The van der Waals surface area contributed by atoms with E-state index in [1.54, 1.807) is 0 Å². The van der Waals surface area contributed by atoms with Gasteiger partial charge in [0.05, 0.1) is 7.11 Å². The number of hydrogen-bond acceptors (Lipinski definition) is 2. The fourth-order valence-electron chi connectivity index (χ4n) is 0.200. The van der Waals surface area contributed by atoms with Gasteiger partial charge in [-0.05, 0) is 0 Å². The molecule has 0 aromatic rings. The quantitative estimate of drug-likeness (QED) is 0.459. The van der Waals surface area contributed by atoms with Crippen molar-refractivity contribution in [1.82, 2.24) is 0 Å². The maximum Gasteiger partial charge on any atom is 0.0985 e. The average Bonchev–Trinajstić information content (AvgIpc) is 1.68. The lowest BCUT2D eigenvalue weighted by atomic mass is 10.8. The fraction of sp³-hybridized carbons (Fsp3) is 1.00.